The Morgan fingerprint density at radius 2 is 1.63 bits per heavy atom. The average molecular weight is 620 g/mol. The summed E-state index contributed by atoms with van der Waals surface area (Å²) in [5, 5.41) is 53.0. The second-order valence-corrected chi connectivity index (χ2v) is 11.2. The van der Waals surface area contributed by atoms with E-state index < -0.39 is 85.6 Å². The van der Waals surface area contributed by atoms with Crippen LogP contribution in [0.2, 0.25) is 0 Å². The zero-order valence-electron chi connectivity index (χ0n) is 23.9. The fourth-order valence-corrected chi connectivity index (χ4v) is 5.40. The van der Waals surface area contributed by atoms with Gasteiger partial charge in [0.15, 0.2) is 12.6 Å². The molecule has 14 atom stereocenters. The highest BCUT2D eigenvalue weighted by Crippen LogP contribution is 2.31. The van der Waals surface area contributed by atoms with Crippen LogP contribution in [0.15, 0.2) is 6.20 Å². The number of aliphatic hydroxyl groups is 4. The Balaban J connectivity index is 1.36. The van der Waals surface area contributed by atoms with Crippen molar-refractivity contribution < 1.29 is 48.9 Å². The van der Waals surface area contributed by atoms with E-state index in [0.717, 1.165) is 0 Å². The number of aromatic nitrogens is 3. The third-order valence-corrected chi connectivity index (χ3v) is 7.94. The van der Waals surface area contributed by atoms with Crippen LogP contribution in [-0.2, 0) is 41.6 Å². The molecule has 43 heavy (non-hydrogen) atoms. The van der Waals surface area contributed by atoms with Gasteiger partial charge in [0, 0.05) is 25.7 Å². The maximum Gasteiger partial charge on any atom is 0.241 e. The molecule has 246 valence electrons. The molecule has 1 amide bonds. The highest BCUT2D eigenvalue weighted by Gasteiger charge is 2.50. The highest BCUT2D eigenvalue weighted by molar-refractivity contribution is 5.75. The zero-order valence-corrected chi connectivity index (χ0v) is 23.9. The summed E-state index contributed by atoms with van der Waals surface area (Å²) < 4.78 is 30.4. The number of nitrogens with zero attached hydrogens (tertiary/aromatic N) is 3. The van der Waals surface area contributed by atoms with Crippen LogP contribution in [0.1, 0.15) is 18.5 Å². The zero-order chi connectivity index (χ0) is 31.4. The Hall–Kier alpha value is -1.95. The van der Waals surface area contributed by atoms with Crippen molar-refractivity contribution in [1.82, 2.24) is 20.3 Å². The van der Waals surface area contributed by atoms with E-state index >= 15 is 0 Å². The van der Waals surface area contributed by atoms with Crippen molar-refractivity contribution in [2.45, 2.75) is 112 Å². The topological polar surface area (TPSA) is 317 Å². The first kappa shape index (κ1) is 33.9. The van der Waals surface area contributed by atoms with E-state index in [1.54, 1.807) is 0 Å². The first-order valence-electron chi connectivity index (χ1n) is 14.2. The third-order valence-electron chi connectivity index (χ3n) is 7.94. The van der Waals surface area contributed by atoms with Gasteiger partial charge in [-0.1, -0.05) is 5.21 Å². The molecule has 2 saturated heterocycles. The largest absolute Gasteiger partial charge is 0.390 e. The van der Waals surface area contributed by atoms with Gasteiger partial charge in [-0.15, -0.1) is 5.10 Å². The molecule has 4 rings (SSSR count). The summed E-state index contributed by atoms with van der Waals surface area (Å²) in [6.45, 7) is -0.149. The summed E-state index contributed by atoms with van der Waals surface area (Å²) in [5.74, 6) is -0.247. The van der Waals surface area contributed by atoms with Crippen LogP contribution in [0.3, 0.4) is 0 Å². The van der Waals surface area contributed by atoms with Crippen molar-refractivity contribution in [2.75, 3.05) is 20.2 Å². The van der Waals surface area contributed by atoms with Gasteiger partial charge in [-0.25, -0.2) is 4.68 Å². The van der Waals surface area contributed by atoms with Gasteiger partial charge in [0.2, 0.25) is 5.91 Å². The summed E-state index contributed by atoms with van der Waals surface area (Å²) >= 11 is 0. The molecule has 0 spiro atoms. The van der Waals surface area contributed by atoms with Crippen LogP contribution in [0.4, 0.5) is 0 Å². The molecule has 19 nitrogen and oxygen atoms in total. The smallest absolute Gasteiger partial charge is 0.241 e. The number of hydrogen-bond acceptors (Lipinski definition) is 17. The minimum Gasteiger partial charge on any atom is -0.390 e. The predicted octanol–water partition coefficient (Wildman–Crippen LogP) is -6.73. The Morgan fingerprint density at radius 1 is 0.977 bits per heavy atom. The Labute approximate surface area is 247 Å². The normalized spacial score (nSPS) is 42.1. The minimum absolute atomic E-state index is 0.0104. The van der Waals surface area contributed by atoms with Gasteiger partial charge in [-0.2, -0.15) is 0 Å². The number of amides is 1. The van der Waals surface area contributed by atoms with Gasteiger partial charge in [0.1, 0.15) is 48.9 Å². The number of rotatable bonds is 11. The first-order chi connectivity index (χ1) is 20.4. The van der Waals surface area contributed by atoms with Gasteiger partial charge in [-0.3, -0.25) is 4.79 Å². The summed E-state index contributed by atoms with van der Waals surface area (Å²) in [6.07, 6.45) is -9.48. The molecule has 1 aromatic rings. The minimum atomic E-state index is -1.48. The van der Waals surface area contributed by atoms with E-state index in [9.17, 15) is 25.2 Å². The van der Waals surface area contributed by atoms with E-state index in [1.807, 2.05) is 0 Å². The maximum absolute atomic E-state index is 11.5. The summed E-state index contributed by atoms with van der Waals surface area (Å²) in [5.41, 5.74) is 30.8. The van der Waals surface area contributed by atoms with Crippen LogP contribution in [0, 0.1) is 0 Å². The molecule has 15 N–H and O–H groups in total. The van der Waals surface area contributed by atoms with Gasteiger partial charge < -0.3 is 78.1 Å². The molecular formula is C24H45N9O10. The number of ether oxygens (including phenoxy) is 5. The van der Waals surface area contributed by atoms with Crippen LogP contribution in [0.25, 0.3) is 0 Å². The lowest BCUT2D eigenvalue weighted by Gasteiger charge is -2.48. The van der Waals surface area contributed by atoms with E-state index in [0.29, 0.717) is 5.69 Å². The monoisotopic (exact) mass is 619 g/mol. The second kappa shape index (κ2) is 14.9. The molecule has 3 heterocycles. The lowest BCUT2D eigenvalue weighted by atomic mass is 9.84. The van der Waals surface area contributed by atoms with Crippen molar-refractivity contribution in [2.24, 2.45) is 28.7 Å². The summed E-state index contributed by atoms with van der Waals surface area (Å²) in [7, 11) is 1.51. The lowest BCUT2D eigenvalue weighted by molar-refractivity contribution is -0.316. The fraction of sp³-hybridized carbons (Fsp3) is 0.875. The van der Waals surface area contributed by atoms with Gasteiger partial charge in [0.25, 0.3) is 0 Å². The van der Waals surface area contributed by atoms with Crippen molar-refractivity contribution in [1.29, 1.82) is 0 Å². The number of nitrogens with two attached hydrogens (primary N) is 5. The summed E-state index contributed by atoms with van der Waals surface area (Å²) in [4.78, 5) is 11.5. The van der Waals surface area contributed by atoms with E-state index in [4.69, 9.17) is 52.4 Å². The van der Waals surface area contributed by atoms with Crippen LogP contribution in [-0.4, -0.2) is 147 Å². The fourth-order valence-electron chi connectivity index (χ4n) is 5.40. The van der Waals surface area contributed by atoms with Crippen molar-refractivity contribution in [3.63, 3.8) is 0 Å². The standard InChI is InChI=1S/C24H45N9O10/c1-30-16(35)6-33-5-9(31-32-33)7-39-8-15-18(36)17(29)19(37)24(41-15)43-22-11(27)2-10(26)21(20(22)38)42-23-12(28)3-13(34)14(4-25)40-23/h5,10-15,17-24,34,36-38H,2-4,6-8,25-29H2,1H3,(H,30,35)/t10-,11+,12+,13-,14+,15+,17-,18+,19+,20-,21+,22-,23+,24+/m0/s1. The van der Waals surface area contributed by atoms with Crippen LogP contribution >= 0.6 is 0 Å². The maximum atomic E-state index is 11.5. The molecule has 0 bridgehead atoms. The Bertz CT molecular complexity index is 1040. The molecule has 3 fully saturated rings. The number of aliphatic hydroxyl groups excluding tert-OH is 4. The predicted molar refractivity (Wildman–Crippen MR) is 145 cm³/mol. The number of nitrogens with one attached hydrogen (secondary N) is 1. The molecule has 0 radical (unpaired) electrons. The Morgan fingerprint density at radius 3 is 2.28 bits per heavy atom. The van der Waals surface area contributed by atoms with Crippen LogP contribution in [0.5, 0.6) is 0 Å². The van der Waals surface area contributed by atoms with Gasteiger partial charge in [-0.05, 0) is 12.8 Å². The molecule has 0 aromatic carbocycles. The van der Waals surface area contributed by atoms with Crippen molar-refractivity contribution in [3.05, 3.63) is 11.9 Å². The molecule has 19 heteroatoms. The molecule has 3 aliphatic rings. The lowest BCUT2D eigenvalue weighted by Crippen LogP contribution is -2.68. The number of likely N-dealkylation sites (N-methyl/N-ethyl adjacent to an activating group) is 1. The molecule has 1 aliphatic carbocycles. The first-order valence-corrected chi connectivity index (χ1v) is 14.2. The molecule has 0 unspecified atom stereocenters. The number of hydrogen-bond donors (Lipinski definition) is 10. The molecule has 2 aliphatic heterocycles. The van der Waals surface area contributed by atoms with E-state index in [2.05, 4.69) is 15.6 Å². The third kappa shape index (κ3) is 8.02. The SMILES string of the molecule is CNC(=O)Cn1cc(COC[C@H]2O[C@H](O[C@@H]3[C@@H](O)[C@H](O[C@H]4O[C@H](CN)[C@@H](O)C[C@H]4N)[C@@H](N)C[C@H]3N)[C@H](O)[C@@H](N)[C@@H]2O)nn1. The Kier molecular flexibility index (Phi) is 11.7. The van der Waals surface area contributed by atoms with E-state index in [1.165, 1.54) is 17.9 Å². The van der Waals surface area contributed by atoms with Gasteiger partial charge >= 0.3 is 0 Å². The summed E-state index contributed by atoms with van der Waals surface area (Å²) in [6, 6.07) is -3.40. The van der Waals surface area contributed by atoms with Crippen molar-refractivity contribution >= 4 is 5.91 Å². The number of carbonyl (C=O) groups excluding carboxylic acids is 1. The molecule has 1 aromatic heterocycles. The van der Waals surface area contributed by atoms with Crippen molar-refractivity contribution in [3.8, 4) is 0 Å². The highest BCUT2D eigenvalue weighted by atomic mass is 16.7. The van der Waals surface area contributed by atoms with E-state index in [-0.39, 0.29) is 45.1 Å². The molecule has 1 saturated carbocycles. The van der Waals surface area contributed by atoms with Gasteiger partial charge in [0.05, 0.1) is 43.7 Å². The quantitative estimate of drug-likeness (QED) is 0.110. The second-order valence-electron chi connectivity index (χ2n) is 11.2. The number of carbonyl (C=O) groups is 1. The average Bonchev–Trinajstić information content (AvgIpc) is 3.41. The molecular weight excluding hydrogens is 574 g/mol. The van der Waals surface area contributed by atoms with Crippen LogP contribution < -0.4 is 34.0 Å².